The fraction of sp³-hybridized carbons (Fsp3) is 0.182. The molecular weight excluding hydrogens is 572 g/mol. The lowest BCUT2D eigenvalue weighted by atomic mass is 10.2. The predicted molar refractivity (Wildman–Crippen MR) is 161 cm³/mol. The number of carbonyl (C=O) groups excluding carboxylic acids is 3. The molecule has 0 aliphatic carbocycles. The molecular formula is C33H33O9S+. The standard InChI is InChI=1S/C33H33O9S/c1-4-37-19-22-40-31(34)25-7-13-28(14-8-25)43(29-15-9-26(10-16-29)32(35)41-23-20-38-5-2)30-17-11-27(12-18-30)33(36)42-24-21-39-6-3/h4-18H,1-3,19-24H2/q+1. The average Bonchev–Trinajstić information content (AvgIpc) is 3.04. The third-order valence-corrected chi connectivity index (χ3v) is 7.86. The van der Waals surface area contributed by atoms with Crippen LogP contribution in [-0.2, 0) is 39.3 Å². The first kappa shape index (κ1) is 32.6. The molecule has 0 saturated carbocycles. The van der Waals surface area contributed by atoms with Gasteiger partial charge in [0.25, 0.3) is 0 Å². The van der Waals surface area contributed by atoms with Crippen molar-refractivity contribution in [3.05, 3.63) is 128 Å². The van der Waals surface area contributed by atoms with Crippen molar-refractivity contribution in [1.29, 1.82) is 0 Å². The molecule has 0 saturated heterocycles. The summed E-state index contributed by atoms with van der Waals surface area (Å²) >= 11 is 0. The molecule has 0 fully saturated rings. The zero-order valence-electron chi connectivity index (χ0n) is 23.6. The lowest BCUT2D eigenvalue weighted by molar-refractivity contribution is 0.0414. The summed E-state index contributed by atoms with van der Waals surface area (Å²) in [5.74, 6) is -1.41. The van der Waals surface area contributed by atoms with Crippen LogP contribution in [-0.4, -0.2) is 57.5 Å². The Morgan fingerprint density at radius 1 is 0.465 bits per heavy atom. The van der Waals surface area contributed by atoms with Gasteiger partial charge in [-0.25, -0.2) is 14.4 Å². The van der Waals surface area contributed by atoms with E-state index in [1.807, 2.05) is 36.4 Å². The molecule has 0 radical (unpaired) electrons. The fourth-order valence-corrected chi connectivity index (χ4v) is 5.68. The SMILES string of the molecule is C=COCCOC(=O)c1ccc([S+](c2ccc(C(=O)OCCOC=C)cc2)c2ccc(C(=O)OCCOC=C)cc2)cc1. The molecule has 0 spiro atoms. The molecule has 0 bridgehead atoms. The lowest BCUT2D eigenvalue weighted by Gasteiger charge is -2.11. The van der Waals surface area contributed by atoms with E-state index in [0.29, 0.717) is 16.7 Å². The van der Waals surface area contributed by atoms with E-state index in [1.54, 1.807) is 36.4 Å². The van der Waals surface area contributed by atoms with Crippen molar-refractivity contribution in [3.8, 4) is 0 Å². The van der Waals surface area contributed by atoms with Gasteiger partial charge in [0.1, 0.15) is 39.6 Å². The molecule has 0 N–H and O–H groups in total. The molecule has 0 aliphatic heterocycles. The number of rotatable bonds is 18. The summed E-state index contributed by atoms with van der Waals surface area (Å²) < 4.78 is 30.6. The molecule has 0 heterocycles. The van der Waals surface area contributed by atoms with Gasteiger partial charge in [-0.05, 0) is 72.8 Å². The molecule has 3 aromatic carbocycles. The van der Waals surface area contributed by atoms with Crippen molar-refractivity contribution in [2.75, 3.05) is 39.6 Å². The van der Waals surface area contributed by atoms with E-state index in [-0.39, 0.29) is 39.6 Å². The minimum atomic E-state index is -0.653. The number of hydrogen-bond acceptors (Lipinski definition) is 9. The second-order valence-corrected chi connectivity index (χ2v) is 10.4. The molecule has 0 aromatic heterocycles. The van der Waals surface area contributed by atoms with Gasteiger partial charge in [0.15, 0.2) is 14.7 Å². The zero-order chi connectivity index (χ0) is 30.9. The van der Waals surface area contributed by atoms with Crippen LogP contribution in [0.25, 0.3) is 0 Å². The molecule has 3 aromatic rings. The van der Waals surface area contributed by atoms with E-state index in [0.717, 1.165) is 14.7 Å². The Morgan fingerprint density at radius 2 is 0.721 bits per heavy atom. The van der Waals surface area contributed by atoms with Crippen molar-refractivity contribution in [1.82, 2.24) is 0 Å². The first-order valence-corrected chi connectivity index (χ1v) is 14.4. The third-order valence-electron chi connectivity index (χ3n) is 5.63. The van der Waals surface area contributed by atoms with Crippen molar-refractivity contribution in [2.24, 2.45) is 0 Å². The molecule has 0 amide bonds. The molecule has 3 rings (SSSR count). The van der Waals surface area contributed by atoms with Crippen molar-refractivity contribution < 1.29 is 42.8 Å². The molecule has 0 aliphatic rings. The van der Waals surface area contributed by atoms with Gasteiger partial charge in [0.05, 0.1) is 46.4 Å². The first-order valence-electron chi connectivity index (χ1n) is 13.2. The van der Waals surface area contributed by atoms with Gasteiger partial charge >= 0.3 is 17.9 Å². The van der Waals surface area contributed by atoms with Gasteiger partial charge in [0.2, 0.25) is 0 Å². The molecule has 0 unspecified atom stereocenters. The molecule has 9 nitrogen and oxygen atoms in total. The Hall–Kier alpha value is -4.96. The van der Waals surface area contributed by atoms with E-state index in [9.17, 15) is 14.4 Å². The van der Waals surface area contributed by atoms with Crippen molar-refractivity contribution in [2.45, 2.75) is 14.7 Å². The molecule has 10 heteroatoms. The highest BCUT2D eigenvalue weighted by Gasteiger charge is 2.30. The highest BCUT2D eigenvalue weighted by atomic mass is 32.2. The van der Waals surface area contributed by atoms with Crippen LogP contribution < -0.4 is 0 Å². The second-order valence-electron chi connectivity index (χ2n) is 8.40. The lowest BCUT2D eigenvalue weighted by Crippen LogP contribution is -2.12. The maximum atomic E-state index is 12.4. The Morgan fingerprint density at radius 3 is 0.953 bits per heavy atom. The number of ether oxygens (including phenoxy) is 6. The minimum absolute atomic E-state index is 0.100. The molecule has 0 atom stereocenters. The van der Waals surface area contributed by atoms with Gasteiger partial charge in [0, 0.05) is 0 Å². The summed E-state index contributed by atoms with van der Waals surface area (Å²) in [6.07, 6.45) is 3.86. The third kappa shape index (κ3) is 10.1. The summed E-state index contributed by atoms with van der Waals surface area (Å²) in [5.41, 5.74) is 1.17. The van der Waals surface area contributed by atoms with E-state index in [1.165, 1.54) is 18.8 Å². The number of benzene rings is 3. The van der Waals surface area contributed by atoms with Crippen molar-refractivity contribution >= 4 is 28.8 Å². The van der Waals surface area contributed by atoms with Crippen LogP contribution in [0.5, 0.6) is 0 Å². The number of hydrogen-bond donors (Lipinski definition) is 0. The monoisotopic (exact) mass is 605 g/mol. The minimum Gasteiger partial charge on any atom is -0.498 e. The number of esters is 3. The Kier molecular flexibility index (Phi) is 13.4. The van der Waals surface area contributed by atoms with Crippen LogP contribution in [0.4, 0.5) is 0 Å². The van der Waals surface area contributed by atoms with E-state index in [4.69, 9.17) is 28.4 Å². The topological polar surface area (TPSA) is 107 Å². The van der Waals surface area contributed by atoms with Gasteiger partial charge in [-0.3, -0.25) is 0 Å². The molecule has 43 heavy (non-hydrogen) atoms. The van der Waals surface area contributed by atoms with Crippen LogP contribution in [0.3, 0.4) is 0 Å². The summed E-state index contributed by atoms with van der Waals surface area (Å²) in [6.45, 7) is 11.3. The largest absolute Gasteiger partial charge is 0.498 e. The highest BCUT2D eigenvalue weighted by molar-refractivity contribution is 7.97. The van der Waals surface area contributed by atoms with Crippen LogP contribution in [0.1, 0.15) is 31.1 Å². The average molecular weight is 606 g/mol. The maximum Gasteiger partial charge on any atom is 0.338 e. The highest BCUT2D eigenvalue weighted by Crippen LogP contribution is 2.32. The van der Waals surface area contributed by atoms with E-state index >= 15 is 0 Å². The summed E-state index contributed by atoms with van der Waals surface area (Å²) in [6, 6.07) is 21.3. The van der Waals surface area contributed by atoms with E-state index in [2.05, 4.69) is 19.7 Å². The van der Waals surface area contributed by atoms with Gasteiger partial charge in [-0.15, -0.1) is 0 Å². The quantitative estimate of drug-likeness (QED) is 0.0591. The van der Waals surface area contributed by atoms with Gasteiger partial charge in [-0.1, -0.05) is 19.7 Å². The van der Waals surface area contributed by atoms with Crippen LogP contribution in [0.2, 0.25) is 0 Å². The summed E-state index contributed by atoms with van der Waals surface area (Å²) in [7, 11) is -0.653. The Labute approximate surface area is 253 Å². The predicted octanol–water partition coefficient (Wildman–Crippen LogP) is 5.73. The molecule has 224 valence electrons. The van der Waals surface area contributed by atoms with E-state index < -0.39 is 28.8 Å². The maximum absolute atomic E-state index is 12.4. The number of carbonyl (C=O) groups is 3. The second kappa shape index (κ2) is 17.8. The van der Waals surface area contributed by atoms with Crippen LogP contribution in [0.15, 0.2) is 126 Å². The Bertz CT molecular complexity index is 1200. The van der Waals surface area contributed by atoms with Crippen LogP contribution >= 0.6 is 0 Å². The summed E-state index contributed by atoms with van der Waals surface area (Å²) in [5, 5.41) is 0. The smallest absolute Gasteiger partial charge is 0.338 e. The Balaban J connectivity index is 1.84. The fourth-order valence-electron chi connectivity index (χ4n) is 3.64. The summed E-state index contributed by atoms with van der Waals surface area (Å²) in [4.78, 5) is 40.0. The van der Waals surface area contributed by atoms with Crippen LogP contribution in [0, 0.1) is 0 Å². The zero-order valence-corrected chi connectivity index (χ0v) is 24.4. The van der Waals surface area contributed by atoms with Gasteiger partial charge < -0.3 is 28.4 Å². The normalized spacial score (nSPS) is 10.3. The van der Waals surface area contributed by atoms with Gasteiger partial charge in [-0.2, -0.15) is 0 Å². The van der Waals surface area contributed by atoms with Crippen molar-refractivity contribution in [3.63, 3.8) is 0 Å². The first-order chi connectivity index (χ1) is 21.0.